The number of nitrogens with one attached hydrogen (secondary N) is 1. The lowest BCUT2D eigenvalue weighted by molar-refractivity contribution is -0.385. The molecule has 1 amide bonds. The molecule has 2 heterocycles. The molecule has 180 valence electrons. The Balaban J connectivity index is 1.74. The number of halogens is 1. The third-order valence-electron chi connectivity index (χ3n) is 5.44. The number of fused-ring (bicyclic) bond motifs is 1. The molecule has 1 N–H and O–H groups in total. The summed E-state index contributed by atoms with van der Waals surface area (Å²) >= 11 is 6.57. The number of hydrogen-bond donors (Lipinski definition) is 1. The van der Waals surface area contributed by atoms with Crippen LogP contribution in [0.25, 0.3) is 10.9 Å². The van der Waals surface area contributed by atoms with Gasteiger partial charge in [0.05, 0.1) is 46.1 Å². The number of carbonyl (C=O) groups is 1. The first-order valence-corrected chi connectivity index (χ1v) is 11.0. The second-order valence-corrected chi connectivity index (χ2v) is 8.12. The maximum atomic E-state index is 12.4. The molecule has 0 spiro atoms. The van der Waals surface area contributed by atoms with Crippen LogP contribution in [-0.4, -0.2) is 27.9 Å². The summed E-state index contributed by atoms with van der Waals surface area (Å²) in [6.45, 7) is 1.73. The molecule has 0 fully saturated rings. The van der Waals surface area contributed by atoms with E-state index < -0.39 is 4.92 Å². The third kappa shape index (κ3) is 4.87. The Morgan fingerprint density at radius 3 is 2.69 bits per heavy atom. The fourth-order valence-electron chi connectivity index (χ4n) is 3.72. The fraction of sp³-hybridized carbons (Fsp3) is 0.120. The standard InChI is InChI=1S/C25H19ClN6O4/c1-15(33)31(14-16-4-3-7-28-12-16)22-6-5-18(8-20(22)26)30-25-17(11-27)13-29-21-10-24(36-2)23(32(34)35)9-19(21)25/h3-10,12-13H,14H2,1-2H3,(H,29,30). The lowest BCUT2D eigenvalue weighted by Crippen LogP contribution is -2.28. The van der Waals surface area contributed by atoms with Crippen molar-refractivity contribution in [3.63, 3.8) is 0 Å². The van der Waals surface area contributed by atoms with Crippen molar-refractivity contribution in [2.75, 3.05) is 17.3 Å². The normalized spacial score (nSPS) is 10.5. The van der Waals surface area contributed by atoms with Crippen molar-refractivity contribution in [3.8, 4) is 11.8 Å². The van der Waals surface area contributed by atoms with Crippen molar-refractivity contribution in [2.45, 2.75) is 13.5 Å². The molecule has 0 aliphatic heterocycles. The van der Waals surface area contributed by atoms with Crippen LogP contribution in [0.3, 0.4) is 0 Å². The summed E-state index contributed by atoms with van der Waals surface area (Å²) in [5.74, 6) is -0.143. The van der Waals surface area contributed by atoms with Crippen molar-refractivity contribution in [2.24, 2.45) is 0 Å². The van der Waals surface area contributed by atoms with Crippen LogP contribution in [0.1, 0.15) is 18.1 Å². The number of nitrogens with zero attached hydrogens (tertiary/aromatic N) is 5. The molecule has 0 saturated carbocycles. The lowest BCUT2D eigenvalue weighted by atomic mass is 10.1. The predicted molar refractivity (Wildman–Crippen MR) is 136 cm³/mol. The van der Waals surface area contributed by atoms with Gasteiger partial charge in [-0.2, -0.15) is 5.26 Å². The van der Waals surface area contributed by atoms with E-state index in [0.29, 0.717) is 33.0 Å². The lowest BCUT2D eigenvalue weighted by Gasteiger charge is -2.23. The van der Waals surface area contributed by atoms with Gasteiger partial charge >= 0.3 is 5.69 Å². The number of benzene rings is 2. The number of amides is 1. The number of rotatable bonds is 7. The number of ether oxygens (including phenoxy) is 1. The minimum Gasteiger partial charge on any atom is -0.490 e. The quantitative estimate of drug-likeness (QED) is 0.263. The van der Waals surface area contributed by atoms with Gasteiger partial charge in [0, 0.05) is 48.7 Å². The van der Waals surface area contributed by atoms with Gasteiger partial charge in [-0.05, 0) is 29.8 Å². The smallest absolute Gasteiger partial charge is 0.311 e. The van der Waals surface area contributed by atoms with Crippen LogP contribution in [0.5, 0.6) is 5.75 Å². The zero-order valence-corrected chi connectivity index (χ0v) is 20.0. The molecule has 0 unspecified atom stereocenters. The van der Waals surface area contributed by atoms with Crippen molar-refractivity contribution in [1.82, 2.24) is 9.97 Å². The van der Waals surface area contributed by atoms with E-state index in [0.717, 1.165) is 5.56 Å². The Labute approximate surface area is 210 Å². The molecule has 2 aromatic carbocycles. The molecular weight excluding hydrogens is 484 g/mol. The summed E-state index contributed by atoms with van der Waals surface area (Å²) in [7, 11) is 1.33. The van der Waals surface area contributed by atoms with Crippen LogP contribution in [0, 0.1) is 21.4 Å². The van der Waals surface area contributed by atoms with Gasteiger partial charge in [0.2, 0.25) is 5.91 Å². The molecule has 0 atom stereocenters. The molecule has 0 aliphatic rings. The van der Waals surface area contributed by atoms with Crippen LogP contribution >= 0.6 is 11.6 Å². The summed E-state index contributed by atoms with van der Waals surface area (Å²) in [6, 6.07) is 13.5. The van der Waals surface area contributed by atoms with Gasteiger partial charge < -0.3 is 15.0 Å². The zero-order valence-electron chi connectivity index (χ0n) is 19.2. The van der Waals surface area contributed by atoms with E-state index in [-0.39, 0.29) is 29.5 Å². The molecule has 10 nitrogen and oxygen atoms in total. The largest absolute Gasteiger partial charge is 0.490 e. The van der Waals surface area contributed by atoms with Gasteiger partial charge in [0.25, 0.3) is 0 Å². The van der Waals surface area contributed by atoms with E-state index >= 15 is 0 Å². The molecular formula is C25H19ClN6O4. The fourth-order valence-corrected chi connectivity index (χ4v) is 4.00. The molecule has 0 radical (unpaired) electrons. The first kappa shape index (κ1) is 24.4. The number of nitriles is 1. The minimum atomic E-state index is -0.564. The topological polar surface area (TPSA) is 134 Å². The zero-order chi connectivity index (χ0) is 25.8. The van der Waals surface area contributed by atoms with Crippen LogP contribution in [0.15, 0.2) is 61.1 Å². The second kappa shape index (κ2) is 10.2. The van der Waals surface area contributed by atoms with E-state index in [9.17, 15) is 20.2 Å². The minimum absolute atomic E-state index is 0.0565. The van der Waals surface area contributed by atoms with Crippen molar-refractivity contribution in [3.05, 3.63) is 87.3 Å². The van der Waals surface area contributed by atoms with Crippen molar-refractivity contribution < 1.29 is 14.5 Å². The Hall–Kier alpha value is -4.75. The van der Waals surface area contributed by atoms with Crippen LogP contribution in [0.4, 0.5) is 22.7 Å². The molecule has 0 saturated heterocycles. The average Bonchev–Trinajstić information content (AvgIpc) is 2.87. The van der Waals surface area contributed by atoms with E-state index in [2.05, 4.69) is 21.4 Å². The third-order valence-corrected chi connectivity index (χ3v) is 5.74. The van der Waals surface area contributed by atoms with Crippen molar-refractivity contribution >= 4 is 51.2 Å². The van der Waals surface area contributed by atoms with E-state index in [4.69, 9.17) is 16.3 Å². The SMILES string of the molecule is COc1cc2ncc(C#N)c(Nc3ccc(N(Cc4cccnc4)C(C)=O)c(Cl)c3)c2cc1[N+](=O)[O-]. The van der Waals surface area contributed by atoms with E-state index in [1.807, 2.05) is 6.07 Å². The van der Waals surface area contributed by atoms with Gasteiger partial charge in [-0.3, -0.25) is 24.9 Å². The van der Waals surface area contributed by atoms with Crippen molar-refractivity contribution in [1.29, 1.82) is 5.26 Å². The number of carbonyl (C=O) groups excluding carboxylic acids is 1. The first-order valence-electron chi connectivity index (χ1n) is 10.6. The molecule has 11 heteroatoms. The second-order valence-electron chi connectivity index (χ2n) is 7.71. The predicted octanol–water partition coefficient (Wildman–Crippen LogP) is 5.37. The molecule has 4 aromatic rings. The molecule has 2 aromatic heterocycles. The highest BCUT2D eigenvalue weighted by Gasteiger charge is 2.21. The summed E-state index contributed by atoms with van der Waals surface area (Å²) in [5.41, 5.74) is 2.51. The van der Waals surface area contributed by atoms with Crippen LogP contribution in [-0.2, 0) is 11.3 Å². The molecule has 0 bridgehead atoms. The van der Waals surface area contributed by atoms with Gasteiger partial charge in [-0.25, -0.2) is 0 Å². The average molecular weight is 503 g/mol. The first-order chi connectivity index (χ1) is 17.3. The number of nitro groups is 1. The number of methoxy groups -OCH3 is 1. The highest BCUT2D eigenvalue weighted by Crippen LogP contribution is 2.38. The van der Waals surface area contributed by atoms with Crippen LogP contribution < -0.4 is 15.0 Å². The van der Waals surface area contributed by atoms with Crippen LogP contribution in [0.2, 0.25) is 5.02 Å². The van der Waals surface area contributed by atoms with Gasteiger partial charge in [0.15, 0.2) is 5.75 Å². The summed E-state index contributed by atoms with van der Waals surface area (Å²) < 4.78 is 5.12. The highest BCUT2D eigenvalue weighted by atomic mass is 35.5. The molecule has 36 heavy (non-hydrogen) atoms. The van der Waals surface area contributed by atoms with Gasteiger partial charge in [-0.1, -0.05) is 17.7 Å². The maximum Gasteiger partial charge on any atom is 0.311 e. The van der Waals surface area contributed by atoms with E-state index in [1.165, 1.54) is 37.3 Å². The number of aromatic nitrogens is 2. The monoisotopic (exact) mass is 502 g/mol. The molecule has 4 rings (SSSR count). The Morgan fingerprint density at radius 2 is 2.08 bits per heavy atom. The number of anilines is 3. The highest BCUT2D eigenvalue weighted by molar-refractivity contribution is 6.34. The van der Waals surface area contributed by atoms with Gasteiger partial charge in [-0.15, -0.1) is 0 Å². The van der Waals surface area contributed by atoms with E-state index in [1.54, 1.807) is 36.7 Å². The summed E-state index contributed by atoms with van der Waals surface area (Å²) in [4.78, 5) is 33.2. The Bertz CT molecular complexity index is 1520. The number of pyridine rings is 2. The summed E-state index contributed by atoms with van der Waals surface area (Å²) in [5, 5.41) is 25.0. The summed E-state index contributed by atoms with van der Waals surface area (Å²) in [6.07, 6.45) is 4.70. The Kier molecular flexibility index (Phi) is 6.94. The van der Waals surface area contributed by atoms with Gasteiger partial charge in [0.1, 0.15) is 6.07 Å². The molecule has 0 aliphatic carbocycles. The Morgan fingerprint density at radius 1 is 1.28 bits per heavy atom. The maximum absolute atomic E-state index is 12.4. The number of hydrogen-bond acceptors (Lipinski definition) is 8. The number of nitro benzene ring substituents is 1.